The lowest BCUT2D eigenvalue weighted by atomic mass is 10.3. The van der Waals surface area contributed by atoms with Gasteiger partial charge in [0, 0.05) is 6.20 Å². The minimum absolute atomic E-state index is 0.527. The Morgan fingerprint density at radius 2 is 2.10 bits per heavy atom. The molecular formula is C4H5BF3N2-. The molecule has 10 heavy (non-hydrogen) atoms. The Kier molecular flexibility index (Phi) is 1.46. The third-order valence-electron chi connectivity index (χ3n) is 0.755. The molecule has 0 aliphatic rings. The molecule has 1 rings (SSSR count). The molecule has 0 saturated carbocycles. The molecular weight excluding hydrogens is 144 g/mol. The molecule has 0 aliphatic carbocycles. The average molecular weight is 149 g/mol. The van der Waals surface area contributed by atoms with E-state index < -0.39 is 19.9 Å². The Bertz CT molecular complexity index is 229. The fourth-order valence-electron chi connectivity index (χ4n) is 0.384. The summed E-state index contributed by atoms with van der Waals surface area (Å²) in [6.45, 7) is 0. The maximum Gasteiger partial charge on any atom is 0.429 e. The van der Waals surface area contributed by atoms with Crippen LogP contribution in [0.25, 0.3) is 0 Å². The molecule has 0 radical (unpaired) electrons. The van der Waals surface area contributed by atoms with E-state index in [0.717, 1.165) is 10.7 Å². The predicted octanol–water partition coefficient (Wildman–Crippen LogP) is 0.0304. The lowest BCUT2D eigenvalue weighted by Crippen LogP contribution is -2.12. The number of nitrogens with zero attached hydrogens (tertiary/aromatic N) is 2. The van der Waals surface area contributed by atoms with E-state index in [1.54, 1.807) is 0 Å². The highest BCUT2D eigenvalue weighted by molar-refractivity contribution is 6.06. The summed E-state index contributed by atoms with van der Waals surface area (Å²) in [4.78, 5) is 0. The van der Waals surface area contributed by atoms with Crippen LogP contribution in [0.3, 0.4) is 0 Å². The van der Waals surface area contributed by atoms with Gasteiger partial charge in [0.2, 0.25) is 0 Å². The third kappa shape index (κ3) is 1.15. The Labute approximate surface area is 56.1 Å². The average Bonchev–Trinajstić information content (AvgIpc) is 2.11. The summed E-state index contributed by atoms with van der Waals surface area (Å²) in [5, 5.41) is 3.49. The van der Waals surface area contributed by atoms with Gasteiger partial charge >= 0.3 is 6.18 Å². The van der Waals surface area contributed by atoms with Gasteiger partial charge in [-0.25, -0.2) is 5.10 Å². The van der Waals surface area contributed by atoms with Crippen molar-refractivity contribution in [3.8, 4) is 0 Å². The second kappa shape index (κ2) is 2.03. The minimum atomic E-state index is -4.22. The van der Waals surface area contributed by atoms with Crippen LogP contribution in [0.5, 0.6) is 0 Å². The van der Waals surface area contributed by atoms with Crippen molar-refractivity contribution < 1.29 is 13.2 Å². The second-order valence-electron chi connectivity index (χ2n) is 1.41. The van der Waals surface area contributed by atoms with Crippen LogP contribution in [0, 0.1) is 0 Å². The molecule has 0 aliphatic heterocycles. The van der Waals surface area contributed by atoms with Gasteiger partial charge in [0.25, 0.3) is 0 Å². The van der Waals surface area contributed by atoms with E-state index in [0.29, 0.717) is 0 Å². The fraction of sp³-hybridized carbons (Fsp3) is 0.250. The normalized spacial score (nSPS) is 12.0. The standard InChI is InChI=1S/C4H5BF3N2/c5-10-3(1-2-9-10)4(6,7)8/h1-2H,5H3/q-1. The van der Waals surface area contributed by atoms with Crippen LogP contribution in [-0.4, -0.2) is 17.7 Å². The van der Waals surface area contributed by atoms with Crippen molar-refractivity contribution in [3.63, 3.8) is 0 Å². The number of rotatable bonds is 0. The Hall–Kier alpha value is -0.935. The van der Waals surface area contributed by atoms with Crippen molar-refractivity contribution in [2.45, 2.75) is 6.18 Å². The molecule has 0 aromatic carbocycles. The number of halogens is 3. The second-order valence-corrected chi connectivity index (χ2v) is 1.41. The topological polar surface area (TPSA) is 17.8 Å². The number of alkyl halides is 3. The van der Waals surface area contributed by atoms with E-state index in [-0.39, 0.29) is 0 Å². The van der Waals surface area contributed by atoms with Crippen molar-refractivity contribution >= 4 is 7.98 Å². The molecule has 1 aromatic heterocycles. The summed E-state index contributed by atoms with van der Waals surface area (Å²) < 4.78 is 36.6. The monoisotopic (exact) mass is 149 g/mol. The van der Waals surface area contributed by atoms with Crippen molar-refractivity contribution in [2.24, 2.45) is 0 Å². The van der Waals surface area contributed by atoms with E-state index in [1.165, 1.54) is 6.20 Å². The summed E-state index contributed by atoms with van der Waals surface area (Å²) in [6, 6.07) is 0.993. The van der Waals surface area contributed by atoms with Crippen LogP contribution in [0.2, 0.25) is 0 Å². The third-order valence-corrected chi connectivity index (χ3v) is 0.755. The quantitative estimate of drug-likeness (QED) is 0.475. The highest BCUT2D eigenvalue weighted by Crippen LogP contribution is 2.27. The largest absolute Gasteiger partial charge is 0.447 e. The number of aromatic nitrogens is 2. The first-order valence-corrected chi connectivity index (χ1v) is 2.12. The first-order chi connectivity index (χ1) is 4.52. The van der Waals surface area contributed by atoms with Crippen molar-refractivity contribution in [1.82, 2.24) is 9.69 Å². The summed E-state index contributed by atoms with van der Waals surface area (Å²) in [5.41, 5.74) is -0.618. The molecule has 6 heteroatoms. The fourth-order valence-corrected chi connectivity index (χ4v) is 0.384. The smallest absolute Gasteiger partial charge is 0.429 e. The van der Waals surface area contributed by atoms with E-state index >= 15 is 0 Å². The van der Waals surface area contributed by atoms with Gasteiger partial charge in [0.05, 0.1) is 13.7 Å². The molecule has 0 bridgehead atoms. The van der Waals surface area contributed by atoms with Gasteiger partial charge in [-0.2, -0.15) is 13.2 Å². The van der Waals surface area contributed by atoms with E-state index in [9.17, 15) is 13.2 Å². The van der Waals surface area contributed by atoms with Crippen LogP contribution in [0.1, 0.15) is 5.69 Å². The van der Waals surface area contributed by atoms with Gasteiger partial charge in [-0.3, -0.25) is 0 Å². The molecule has 1 heterocycles. The Balaban J connectivity index is 3.05. The highest BCUT2D eigenvalue weighted by Gasteiger charge is 2.31. The van der Waals surface area contributed by atoms with Gasteiger partial charge < -0.3 is 4.59 Å². The molecule has 0 spiro atoms. The zero-order chi connectivity index (χ0) is 7.78. The Morgan fingerprint density at radius 3 is 2.30 bits per heavy atom. The van der Waals surface area contributed by atoms with Crippen molar-refractivity contribution in [2.75, 3.05) is 0 Å². The molecule has 0 fully saturated rings. The summed E-state index contributed by atoms with van der Waals surface area (Å²) in [6.07, 6.45) is -3.05. The SMILES string of the molecule is [BH3-]n1nccc1C(F)(F)F. The first-order valence-electron chi connectivity index (χ1n) is 2.12. The van der Waals surface area contributed by atoms with Crippen LogP contribution in [0.4, 0.5) is 13.2 Å². The molecule has 0 amide bonds. The van der Waals surface area contributed by atoms with Crippen LogP contribution in [-0.2, 0) is 6.18 Å². The van der Waals surface area contributed by atoms with Crippen LogP contribution < -0.4 is 0 Å². The number of hydrogen-bond acceptors (Lipinski definition) is 1. The lowest BCUT2D eigenvalue weighted by Gasteiger charge is -2.09. The van der Waals surface area contributed by atoms with Gasteiger partial charge in [0.15, 0.2) is 0 Å². The molecule has 56 valence electrons. The van der Waals surface area contributed by atoms with Gasteiger partial charge in [-0.1, -0.05) is 0 Å². The highest BCUT2D eigenvalue weighted by atomic mass is 19.4. The molecule has 0 N–H and O–H groups in total. The van der Waals surface area contributed by atoms with Gasteiger partial charge in [-0.05, 0) is 6.07 Å². The Morgan fingerprint density at radius 1 is 1.50 bits per heavy atom. The summed E-state index contributed by atoms with van der Waals surface area (Å²) in [5.74, 6) is 0. The molecule has 0 unspecified atom stereocenters. The summed E-state index contributed by atoms with van der Waals surface area (Å²) >= 11 is 0. The van der Waals surface area contributed by atoms with E-state index in [1.807, 2.05) is 0 Å². The molecule has 1 aromatic rings. The zero-order valence-corrected chi connectivity index (χ0v) is 4.18. The van der Waals surface area contributed by atoms with Crippen molar-refractivity contribution in [3.05, 3.63) is 18.0 Å². The van der Waals surface area contributed by atoms with Crippen LogP contribution >= 0.6 is 0 Å². The van der Waals surface area contributed by atoms with Crippen LogP contribution in [0.15, 0.2) is 12.3 Å². The zero-order valence-electron chi connectivity index (χ0n) is 4.18. The molecule has 2 nitrogen and oxygen atoms in total. The van der Waals surface area contributed by atoms with Gasteiger partial charge in [-0.15, -0.1) is 0 Å². The van der Waals surface area contributed by atoms with Gasteiger partial charge in [0.1, 0.15) is 0 Å². The molecule has 0 atom stereocenters. The van der Waals surface area contributed by atoms with E-state index in [2.05, 4.69) is 5.10 Å². The van der Waals surface area contributed by atoms with Crippen molar-refractivity contribution in [1.29, 1.82) is 0 Å². The summed E-state index contributed by atoms with van der Waals surface area (Å²) in [7, 11) is -0.527. The first kappa shape index (κ1) is 7.18. The lowest BCUT2D eigenvalue weighted by molar-refractivity contribution is -0.142. The maximum atomic E-state index is 11.9. The van der Waals surface area contributed by atoms with E-state index in [4.69, 9.17) is 0 Å². The number of hydrogen-bond donors (Lipinski definition) is 0. The minimum Gasteiger partial charge on any atom is -0.447 e. The maximum absolute atomic E-state index is 11.9. The molecule has 0 saturated heterocycles. The predicted molar refractivity (Wildman–Crippen MR) is 32.6 cm³/mol.